The van der Waals surface area contributed by atoms with Crippen LogP contribution in [0.3, 0.4) is 0 Å². The summed E-state index contributed by atoms with van der Waals surface area (Å²) in [6.45, 7) is 2.78. The topological polar surface area (TPSA) is 69.0 Å². The summed E-state index contributed by atoms with van der Waals surface area (Å²) in [7, 11) is 1.65. The third-order valence-corrected chi connectivity index (χ3v) is 3.08. The SMILES string of the molecule is COCc1ccccc1CNC(=O)[C@H](C)n1cncn1. The molecule has 2 rings (SSSR count). The molecule has 0 saturated heterocycles. The number of hydrogen-bond acceptors (Lipinski definition) is 4. The van der Waals surface area contributed by atoms with Crippen molar-refractivity contribution >= 4 is 5.91 Å². The smallest absolute Gasteiger partial charge is 0.244 e. The lowest BCUT2D eigenvalue weighted by Crippen LogP contribution is -2.31. The van der Waals surface area contributed by atoms with E-state index in [0.717, 1.165) is 11.1 Å². The number of hydrogen-bond donors (Lipinski definition) is 1. The Morgan fingerprint density at radius 1 is 1.40 bits per heavy atom. The number of ether oxygens (including phenoxy) is 1. The van der Waals surface area contributed by atoms with E-state index < -0.39 is 0 Å². The van der Waals surface area contributed by atoms with Gasteiger partial charge >= 0.3 is 0 Å². The Morgan fingerprint density at radius 2 is 2.15 bits per heavy atom. The second-order valence-corrected chi connectivity index (χ2v) is 4.47. The van der Waals surface area contributed by atoms with E-state index in [-0.39, 0.29) is 11.9 Å². The molecule has 0 bridgehead atoms. The van der Waals surface area contributed by atoms with Crippen LogP contribution in [0.25, 0.3) is 0 Å². The van der Waals surface area contributed by atoms with Gasteiger partial charge in [-0.1, -0.05) is 24.3 Å². The average Bonchev–Trinajstić information content (AvgIpc) is 2.99. The Labute approximate surface area is 117 Å². The second-order valence-electron chi connectivity index (χ2n) is 4.47. The van der Waals surface area contributed by atoms with Gasteiger partial charge in [-0.3, -0.25) is 4.79 Å². The standard InChI is InChI=1S/C14H18N4O2/c1-11(18-10-15-9-17-18)14(19)16-7-12-5-3-4-6-13(12)8-20-2/h3-6,9-11H,7-8H2,1-2H3,(H,16,19)/t11-/m0/s1. The number of benzene rings is 1. The fourth-order valence-electron chi connectivity index (χ4n) is 1.89. The molecule has 0 aliphatic carbocycles. The summed E-state index contributed by atoms with van der Waals surface area (Å²) in [6.07, 6.45) is 2.95. The highest BCUT2D eigenvalue weighted by atomic mass is 16.5. The Bertz CT molecular complexity index is 554. The third kappa shape index (κ3) is 3.42. The zero-order valence-electron chi connectivity index (χ0n) is 11.6. The maximum Gasteiger partial charge on any atom is 0.244 e. The van der Waals surface area contributed by atoms with Crippen molar-refractivity contribution in [2.75, 3.05) is 7.11 Å². The first-order valence-electron chi connectivity index (χ1n) is 6.40. The predicted octanol–water partition coefficient (Wildman–Crippen LogP) is 1.30. The lowest BCUT2D eigenvalue weighted by atomic mass is 10.1. The fourth-order valence-corrected chi connectivity index (χ4v) is 1.89. The number of amides is 1. The monoisotopic (exact) mass is 274 g/mol. The van der Waals surface area contributed by atoms with Crippen LogP contribution >= 0.6 is 0 Å². The minimum absolute atomic E-state index is 0.0947. The molecule has 0 unspecified atom stereocenters. The van der Waals surface area contributed by atoms with E-state index in [4.69, 9.17) is 4.74 Å². The van der Waals surface area contributed by atoms with Crippen LogP contribution in [0.1, 0.15) is 24.1 Å². The summed E-state index contributed by atoms with van der Waals surface area (Å²) in [6, 6.07) is 7.49. The molecule has 6 heteroatoms. The molecule has 1 aromatic carbocycles. The fraction of sp³-hybridized carbons (Fsp3) is 0.357. The number of carbonyl (C=O) groups excluding carboxylic acids is 1. The maximum absolute atomic E-state index is 12.1. The van der Waals surface area contributed by atoms with Crippen LogP contribution in [0.5, 0.6) is 0 Å². The first-order chi connectivity index (χ1) is 9.72. The summed E-state index contributed by atoms with van der Waals surface area (Å²) in [5, 5.41) is 6.87. The van der Waals surface area contributed by atoms with E-state index in [1.807, 2.05) is 24.3 Å². The van der Waals surface area contributed by atoms with Crippen LogP contribution < -0.4 is 5.32 Å². The second kappa shape index (κ2) is 6.81. The van der Waals surface area contributed by atoms with Gasteiger partial charge in [0.1, 0.15) is 18.7 Å². The molecule has 1 atom stereocenters. The van der Waals surface area contributed by atoms with Crippen molar-refractivity contribution in [1.29, 1.82) is 0 Å². The molecule has 1 aromatic heterocycles. The quantitative estimate of drug-likeness (QED) is 0.862. The van der Waals surface area contributed by atoms with Gasteiger partial charge in [0.05, 0.1) is 6.61 Å². The number of nitrogens with zero attached hydrogens (tertiary/aromatic N) is 3. The van der Waals surface area contributed by atoms with Crippen molar-refractivity contribution in [2.24, 2.45) is 0 Å². The largest absolute Gasteiger partial charge is 0.380 e. The van der Waals surface area contributed by atoms with E-state index in [0.29, 0.717) is 13.2 Å². The molecule has 0 fully saturated rings. The average molecular weight is 274 g/mol. The summed E-state index contributed by atoms with van der Waals surface area (Å²) in [5.41, 5.74) is 2.12. The molecular weight excluding hydrogens is 256 g/mol. The Kier molecular flexibility index (Phi) is 4.84. The third-order valence-electron chi connectivity index (χ3n) is 3.08. The molecule has 0 aliphatic heterocycles. The lowest BCUT2D eigenvalue weighted by molar-refractivity contribution is -0.124. The van der Waals surface area contributed by atoms with Gasteiger partial charge in [0.2, 0.25) is 5.91 Å². The molecule has 0 aliphatic rings. The maximum atomic E-state index is 12.1. The van der Waals surface area contributed by atoms with Crippen LogP contribution in [0.4, 0.5) is 0 Å². The highest BCUT2D eigenvalue weighted by Gasteiger charge is 2.15. The number of nitrogens with one attached hydrogen (secondary N) is 1. The van der Waals surface area contributed by atoms with Crippen LogP contribution in [-0.2, 0) is 22.7 Å². The molecule has 20 heavy (non-hydrogen) atoms. The van der Waals surface area contributed by atoms with Gasteiger partial charge in [0, 0.05) is 13.7 Å². The molecule has 6 nitrogen and oxygen atoms in total. The Morgan fingerprint density at radius 3 is 2.80 bits per heavy atom. The summed E-state index contributed by atoms with van der Waals surface area (Å²) in [5.74, 6) is -0.0947. The highest BCUT2D eigenvalue weighted by molar-refractivity contribution is 5.79. The highest BCUT2D eigenvalue weighted by Crippen LogP contribution is 2.10. The molecule has 0 radical (unpaired) electrons. The van der Waals surface area contributed by atoms with Crippen molar-refractivity contribution in [1.82, 2.24) is 20.1 Å². The lowest BCUT2D eigenvalue weighted by Gasteiger charge is -2.14. The number of carbonyl (C=O) groups is 1. The molecule has 1 heterocycles. The molecule has 1 amide bonds. The molecule has 1 N–H and O–H groups in total. The number of aromatic nitrogens is 3. The summed E-state index contributed by atoms with van der Waals surface area (Å²) >= 11 is 0. The van der Waals surface area contributed by atoms with Crippen molar-refractivity contribution in [3.63, 3.8) is 0 Å². The van der Waals surface area contributed by atoms with Crippen LogP contribution in [0, 0.1) is 0 Å². The molecule has 106 valence electrons. The van der Waals surface area contributed by atoms with Gasteiger partial charge in [-0.15, -0.1) is 0 Å². The summed E-state index contributed by atoms with van der Waals surface area (Å²) in [4.78, 5) is 15.9. The van der Waals surface area contributed by atoms with Crippen molar-refractivity contribution in [2.45, 2.75) is 26.1 Å². The van der Waals surface area contributed by atoms with Crippen LogP contribution in [0.2, 0.25) is 0 Å². The van der Waals surface area contributed by atoms with Crippen molar-refractivity contribution in [3.8, 4) is 0 Å². The minimum Gasteiger partial charge on any atom is -0.380 e. The summed E-state index contributed by atoms with van der Waals surface area (Å²) < 4.78 is 6.67. The van der Waals surface area contributed by atoms with E-state index in [9.17, 15) is 4.79 Å². The molecule has 2 aromatic rings. The van der Waals surface area contributed by atoms with Crippen molar-refractivity contribution in [3.05, 3.63) is 48.0 Å². The normalized spacial score (nSPS) is 12.1. The van der Waals surface area contributed by atoms with Gasteiger partial charge in [-0.05, 0) is 18.1 Å². The predicted molar refractivity (Wildman–Crippen MR) is 73.7 cm³/mol. The Balaban J connectivity index is 1.96. The van der Waals surface area contributed by atoms with Gasteiger partial charge in [-0.2, -0.15) is 5.10 Å². The van der Waals surface area contributed by atoms with Gasteiger partial charge in [0.25, 0.3) is 0 Å². The van der Waals surface area contributed by atoms with E-state index in [1.165, 1.54) is 17.3 Å². The molecule has 0 saturated carbocycles. The van der Waals surface area contributed by atoms with E-state index in [2.05, 4.69) is 15.4 Å². The zero-order chi connectivity index (χ0) is 14.4. The number of methoxy groups -OCH3 is 1. The van der Waals surface area contributed by atoms with Gasteiger partial charge in [0.15, 0.2) is 0 Å². The van der Waals surface area contributed by atoms with Gasteiger partial charge < -0.3 is 10.1 Å². The van der Waals surface area contributed by atoms with Crippen LogP contribution in [-0.4, -0.2) is 27.8 Å². The van der Waals surface area contributed by atoms with Crippen LogP contribution in [0.15, 0.2) is 36.9 Å². The van der Waals surface area contributed by atoms with Gasteiger partial charge in [-0.25, -0.2) is 9.67 Å². The molecule has 0 spiro atoms. The van der Waals surface area contributed by atoms with E-state index >= 15 is 0 Å². The van der Waals surface area contributed by atoms with Crippen molar-refractivity contribution < 1.29 is 9.53 Å². The first-order valence-corrected chi connectivity index (χ1v) is 6.40. The number of rotatable bonds is 6. The Hall–Kier alpha value is -2.21. The minimum atomic E-state index is -0.382. The van der Waals surface area contributed by atoms with E-state index in [1.54, 1.807) is 14.0 Å². The molecular formula is C14H18N4O2. The zero-order valence-corrected chi connectivity index (χ0v) is 11.6. The first kappa shape index (κ1) is 14.2.